The average Bonchev–Trinajstić information content (AvgIpc) is 3.51. The first-order chi connectivity index (χ1) is 22.3. The van der Waals surface area contributed by atoms with Crippen LogP contribution in [0.2, 0.25) is 0 Å². The minimum atomic E-state index is -1.01. The number of fused-ring (bicyclic) bond motifs is 1. The van der Waals surface area contributed by atoms with Crippen molar-refractivity contribution in [1.29, 1.82) is 0 Å². The van der Waals surface area contributed by atoms with E-state index in [1.807, 2.05) is 47.0 Å². The molecule has 1 fully saturated rings. The van der Waals surface area contributed by atoms with Crippen LogP contribution in [-0.4, -0.2) is 85.9 Å². The summed E-state index contributed by atoms with van der Waals surface area (Å²) in [6, 6.07) is 11.4. The molecule has 2 N–H and O–H groups in total. The third-order valence-corrected chi connectivity index (χ3v) is 8.32. The quantitative estimate of drug-likeness (QED) is 0.195. The number of nitrogens with one attached hydrogen (secondary N) is 2. The summed E-state index contributed by atoms with van der Waals surface area (Å²) < 4.78 is 26.1. The van der Waals surface area contributed by atoms with Crippen LogP contribution in [0.15, 0.2) is 55.3 Å². The minimum absolute atomic E-state index is 0.112. The maximum atomic E-state index is 14.8. The van der Waals surface area contributed by atoms with Crippen LogP contribution in [0, 0.1) is 0 Å². The van der Waals surface area contributed by atoms with E-state index < -0.39 is 18.0 Å². The van der Waals surface area contributed by atoms with Gasteiger partial charge in [0.2, 0.25) is 11.9 Å². The van der Waals surface area contributed by atoms with Crippen LogP contribution >= 0.6 is 0 Å². The first kappa shape index (κ1) is 33.6. The monoisotopic (exact) mass is 645 g/mol. The minimum Gasteiger partial charge on any atom is -0.494 e. The van der Waals surface area contributed by atoms with Crippen molar-refractivity contribution in [3.63, 3.8) is 0 Å². The second kappa shape index (κ2) is 13.6. The number of likely N-dealkylation sites (N-methyl/N-ethyl adjacent to an activating group) is 1. The highest BCUT2D eigenvalue weighted by Crippen LogP contribution is 2.45. The Labute approximate surface area is 275 Å². The van der Waals surface area contributed by atoms with Crippen molar-refractivity contribution in [2.24, 2.45) is 0 Å². The molecule has 47 heavy (non-hydrogen) atoms. The van der Waals surface area contributed by atoms with E-state index in [-0.39, 0.29) is 35.6 Å². The van der Waals surface area contributed by atoms with E-state index in [9.17, 15) is 14.0 Å². The van der Waals surface area contributed by atoms with Gasteiger partial charge in [0.05, 0.1) is 30.3 Å². The summed E-state index contributed by atoms with van der Waals surface area (Å²) in [5.74, 6) is 0.0995. The lowest BCUT2D eigenvalue weighted by atomic mass is 9.87. The number of para-hydroxylation sites is 1. The molecule has 5 rings (SSSR count). The molecule has 0 aliphatic carbocycles. The van der Waals surface area contributed by atoms with Gasteiger partial charge in [-0.25, -0.2) is 14.2 Å². The summed E-state index contributed by atoms with van der Waals surface area (Å²) in [5.41, 5.74) is 3.65. The van der Waals surface area contributed by atoms with Gasteiger partial charge in [0, 0.05) is 55.5 Å². The van der Waals surface area contributed by atoms with Gasteiger partial charge < -0.3 is 34.8 Å². The Kier molecular flexibility index (Phi) is 9.71. The Hall–Kier alpha value is -4.71. The number of carbonyl (C=O) groups is 2. The number of aromatic nitrogens is 2. The number of carbonyl (C=O) groups excluding carboxylic acids is 2. The lowest BCUT2D eigenvalue weighted by molar-refractivity contribution is -0.111. The molecule has 0 radical (unpaired) electrons. The van der Waals surface area contributed by atoms with E-state index in [4.69, 9.17) is 14.5 Å². The maximum Gasteiger partial charge on any atom is 0.343 e. The van der Waals surface area contributed by atoms with Crippen LogP contribution in [-0.2, 0) is 14.9 Å². The van der Waals surface area contributed by atoms with Crippen molar-refractivity contribution < 1.29 is 23.5 Å². The topological polar surface area (TPSA) is 112 Å². The summed E-state index contributed by atoms with van der Waals surface area (Å²) in [5, 5.41) is 6.12. The molecule has 11 nitrogen and oxygen atoms in total. The third kappa shape index (κ3) is 7.17. The summed E-state index contributed by atoms with van der Waals surface area (Å²) in [6.45, 7) is 12.9. The highest BCUT2D eigenvalue weighted by atomic mass is 19.1. The fourth-order valence-corrected chi connectivity index (χ4v) is 6.32. The maximum absolute atomic E-state index is 14.8. The predicted molar refractivity (Wildman–Crippen MR) is 183 cm³/mol. The van der Waals surface area contributed by atoms with Crippen molar-refractivity contribution in [1.82, 2.24) is 14.9 Å². The molecule has 2 atom stereocenters. The highest BCUT2D eigenvalue weighted by Gasteiger charge is 2.38. The lowest BCUT2D eigenvalue weighted by Gasteiger charge is -2.31. The fraction of sp³-hybridized carbons (Fsp3) is 0.429. The number of hydrogen-bond acceptors (Lipinski definition) is 10. The number of rotatable bonds is 11. The van der Waals surface area contributed by atoms with Gasteiger partial charge in [-0.2, -0.15) is 4.98 Å². The van der Waals surface area contributed by atoms with E-state index in [1.165, 1.54) is 19.4 Å². The molecule has 0 saturated carbocycles. The van der Waals surface area contributed by atoms with Crippen molar-refractivity contribution in [2.75, 3.05) is 61.3 Å². The van der Waals surface area contributed by atoms with E-state index in [2.05, 4.69) is 42.1 Å². The van der Waals surface area contributed by atoms with Crippen molar-refractivity contribution in [2.45, 2.75) is 57.8 Å². The smallest absolute Gasteiger partial charge is 0.343 e. The van der Waals surface area contributed by atoms with Crippen LogP contribution < -0.4 is 25.2 Å². The molecular weight excluding hydrogens is 601 g/mol. The SMILES string of the molecule is C=CC(=O)Nc1cc(Nc2ncc(C(=O)OC(C)C)c(N3CC(C)(C)c4ccccc43)n2)c(OC)cc1N1C[C@@H](F)C[C@@H]1CN(C)C. The lowest BCUT2D eigenvalue weighted by Crippen LogP contribution is -2.38. The van der Waals surface area contributed by atoms with E-state index in [0.717, 1.165) is 11.3 Å². The van der Waals surface area contributed by atoms with Gasteiger partial charge in [-0.3, -0.25) is 4.79 Å². The molecule has 250 valence electrons. The number of alkyl halides is 1. The Morgan fingerprint density at radius 1 is 1.19 bits per heavy atom. The van der Waals surface area contributed by atoms with Gasteiger partial charge in [-0.1, -0.05) is 38.6 Å². The van der Waals surface area contributed by atoms with E-state index in [0.29, 0.717) is 48.1 Å². The standard InChI is InChI=1S/C35H44FN7O4/c1-9-31(44)38-26-15-27(30(46-8)16-29(26)42-18-22(36)14-23(42)19-41(6)7)39-34-37-17-24(33(45)47-21(2)3)32(40-34)43-20-35(4,5)25-12-10-11-13-28(25)43/h9-13,15-17,21-23H,1,14,18-20H2,2-8H3,(H,38,44)(H,37,39,40)/t22-,23+/m0/s1. The highest BCUT2D eigenvalue weighted by molar-refractivity contribution is 6.02. The third-order valence-electron chi connectivity index (χ3n) is 8.32. The van der Waals surface area contributed by atoms with Gasteiger partial charge >= 0.3 is 5.97 Å². The Balaban J connectivity index is 1.58. The van der Waals surface area contributed by atoms with Gasteiger partial charge in [0.15, 0.2) is 5.82 Å². The zero-order valence-corrected chi connectivity index (χ0v) is 28.1. The van der Waals surface area contributed by atoms with Crippen molar-refractivity contribution in [3.8, 4) is 5.75 Å². The van der Waals surface area contributed by atoms with Gasteiger partial charge in [0.1, 0.15) is 17.5 Å². The summed E-state index contributed by atoms with van der Waals surface area (Å²) >= 11 is 0. The first-order valence-electron chi connectivity index (χ1n) is 15.7. The van der Waals surface area contributed by atoms with Gasteiger partial charge in [-0.05, 0) is 51.7 Å². The molecule has 2 aromatic carbocycles. The van der Waals surface area contributed by atoms with Crippen LogP contribution in [0.4, 0.5) is 38.9 Å². The molecule has 0 unspecified atom stereocenters. The number of anilines is 6. The summed E-state index contributed by atoms with van der Waals surface area (Å²) in [7, 11) is 5.43. The van der Waals surface area contributed by atoms with Crippen LogP contribution in [0.3, 0.4) is 0 Å². The van der Waals surface area contributed by atoms with E-state index in [1.54, 1.807) is 26.0 Å². The van der Waals surface area contributed by atoms with Crippen molar-refractivity contribution in [3.05, 3.63) is 66.4 Å². The van der Waals surface area contributed by atoms with Crippen LogP contribution in [0.1, 0.15) is 50.0 Å². The molecule has 3 aromatic rings. The Bertz CT molecular complexity index is 1660. The number of ether oxygens (including phenoxy) is 2. The number of benzene rings is 2. The van der Waals surface area contributed by atoms with Gasteiger partial charge in [-0.15, -0.1) is 0 Å². The molecule has 1 saturated heterocycles. The van der Waals surface area contributed by atoms with Crippen molar-refractivity contribution >= 4 is 46.4 Å². The zero-order chi connectivity index (χ0) is 34.0. The molecule has 12 heteroatoms. The number of hydrogen-bond donors (Lipinski definition) is 2. The molecule has 0 bridgehead atoms. The average molecular weight is 646 g/mol. The number of nitrogens with zero attached hydrogens (tertiary/aromatic N) is 5. The zero-order valence-electron chi connectivity index (χ0n) is 28.1. The molecule has 1 amide bonds. The van der Waals surface area contributed by atoms with Gasteiger partial charge in [0.25, 0.3) is 0 Å². The van der Waals surface area contributed by atoms with E-state index >= 15 is 0 Å². The number of methoxy groups -OCH3 is 1. The largest absolute Gasteiger partial charge is 0.494 e. The van der Waals surface area contributed by atoms with Crippen LogP contribution in [0.5, 0.6) is 5.75 Å². The predicted octanol–water partition coefficient (Wildman–Crippen LogP) is 5.83. The number of esters is 1. The Morgan fingerprint density at radius 3 is 2.62 bits per heavy atom. The number of amides is 1. The second-order valence-electron chi connectivity index (χ2n) is 13.2. The molecule has 3 heterocycles. The molecule has 0 spiro atoms. The molecule has 2 aliphatic heterocycles. The molecule has 2 aliphatic rings. The van der Waals surface area contributed by atoms with Crippen LogP contribution in [0.25, 0.3) is 0 Å². The molecular formula is C35H44FN7O4. The summed E-state index contributed by atoms with van der Waals surface area (Å²) in [4.78, 5) is 41.2. The second-order valence-corrected chi connectivity index (χ2v) is 13.2. The summed E-state index contributed by atoms with van der Waals surface area (Å²) in [6.07, 6.45) is 1.67. The normalized spacial score (nSPS) is 18.3. The number of halogens is 1. The first-order valence-corrected chi connectivity index (χ1v) is 15.7. The Morgan fingerprint density at radius 2 is 1.94 bits per heavy atom. The fourth-order valence-electron chi connectivity index (χ4n) is 6.32. The molecule has 1 aromatic heterocycles.